The molecule has 0 unspecified atom stereocenters. The molecule has 0 saturated heterocycles. The van der Waals surface area contributed by atoms with Crippen LogP contribution in [0.25, 0.3) is 10.1 Å². The van der Waals surface area contributed by atoms with Crippen molar-refractivity contribution in [2.45, 2.75) is 0 Å². The molecular formula is C5H4N2S. The smallest absolute Gasteiger partial charge is 0.0724 e. The van der Waals surface area contributed by atoms with Gasteiger partial charge in [0.1, 0.15) is 0 Å². The van der Waals surface area contributed by atoms with Gasteiger partial charge >= 0.3 is 0 Å². The molecule has 2 rings (SSSR count). The van der Waals surface area contributed by atoms with Crippen molar-refractivity contribution >= 4 is 21.6 Å². The van der Waals surface area contributed by atoms with E-state index in [1.807, 2.05) is 18.6 Å². The Morgan fingerprint density at radius 1 is 1.50 bits per heavy atom. The van der Waals surface area contributed by atoms with Gasteiger partial charge in [0.05, 0.1) is 10.9 Å². The van der Waals surface area contributed by atoms with Gasteiger partial charge in [-0.05, 0) is 11.5 Å². The normalized spacial score (nSPS) is 10.5. The van der Waals surface area contributed by atoms with Gasteiger partial charge in [-0.2, -0.15) is 4.37 Å². The predicted molar refractivity (Wildman–Crippen MR) is 34.0 cm³/mol. The first-order valence-corrected chi connectivity index (χ1v) is 3.11. The second kappa shape index (κ2) is 1.32. The minimum atomic E-state index is 1.20. The van der Waals surface area contributed by atoms with E-state index in [0.29, 0.717) is 0 Å². The van der Waals surface area contributed by atoms with Crippen LogP contribution < -0.4 is 0 Å². The van der Waals surface area contributed by atoms with E-state index in [-0.39, 0.29) is 0 Å². The largest absolute Gasteiger partial charge is 0.366 e. The molecule has 0 atom stereocenters. The van der Waals surface area contributed by atoms with E-state index < -0.39 is 0 Å². The second-order valence-corrected chi connectivity index (χ2v) is 2.43. The van der Waals surface area contributed by atoms with Gasteiger partial charge in [0, 0.05) is 17.8 Å². The summed E-state index contributed by atoms with van der Waals surface area (Å²) in [4.78, 5) is 2.99. The van der Waals surface area contributed by atoms with Crippen molar-refractivity contribution in [1.82, 2.24) is 9.36 Å². The summed E-state index contributed by atoms with van der Waals surface area (Å²) in [7, 11) is 0. The standard InChI is InChI=1S/C5H4N2S/c1-4-2-7-8-5(4)3-6-1/h1-3,6H. The van der Waals surface area contributed by atoms with Crippen molar-refractivity contribution < 1.29 is 0 Å². The van der Waals surface area contributed by atoms with E-state index in [2.05, 4.69) is 9.36 Å². The van der Waals surface area contributed by atoms with Crippen LogP contribution in [0.15, 0.2) is 18.6 Å². The lowest BCUT2D eigenvalue weighted by Gasteiger charge is -1.59. The van der Waals surface area contributed by atoms with Gasteiger partial charge in [-0.15, -0.1) is 0 Å². The van der Waals surface area contributed by atoms with E-state index in [1.54, 1.807) is 0 Å². The summed E-state index contributed by atoms with van der Waals surface area (Å²) < 4.78 is 5.21. The summed E-state index contributed by atoms with van der Waals surface area (Å²) in [6, 6.07) is 0. The highest BCUT2D eigenvalue weighted by Crippen LogP contribution is 2.15. The first-order valence-electron chi connectivity index (χ1n) is 2.34. The first kappa shape index (κ1) is 4.09. The van der Waals surface area contributed by atoms with Crippen molar-refractivity contribution in [3.05, 3.63) is 18.6 Å². The van der Waals surface area contributed by atoms with E-state index in [1.165, 1.54) is 21.6 Å². The van der Waals surface area contributed by atoms with Crippen molar-refractivity contribution in [3.8, 4) is 0 Å². The van der Waals surface area contributed by atoms with Gasteiger partial charge in [-0.1, -0.05) is 0 Å². The molecule has 3 heteroatoms. The maximum absolute atomic E-state index is 3.98. The molecule has 0 aliphatic heterocycles. The summed E-state index contributed by atoms with van der Waals surface area (Å²) in [5.41, 5.74) is 0. The summed E-state index contributed by atoms with van der Waals surface area (Å²) in [5.74, 6) is 0. The maximum atomic E-state index is 3.98. The fraction of sp³-hybridized carbons (Fsp3) is 0. The Bertz CT molecular complexity index is 232. The monoisotopic (exact) mass is 124 g/mol. The summed E-state index contributed by atoms with van der Waals surface area (Å²) in [6.07, 6.45) is 5.75. The fourth-order valence-corrected chi connectivity index (χ4v) is 1.30. The third-order valence-electron chi connectivity index (χ3n) is 1.08. The molecule has 0 radical (unpaired) electrons. The zero-order valence-electron chi connectivity index (χ0n) is 4.09. The Morgan fingerprint density at radius 3 is 3.38 bits per heavy atom. The zero-order chi connectivity index (χ0) is 5.40. The third-order valence-corrected chi connectivity index (χ3v) is 1.84. The van der Waals surface area contributed by atoms with Crippen LogP contribution in [-0.2, 0) is 0 Å². The van der Waals surface area contributed by atoms with Crippen LogP contribution in [0.1, 0.15) is 0 Å². The Balaban J connectivity index is 3.06. The third kappa shape index (κ3) is 0.391. The zero-order valence-corrected chi connectivity index (χ0v) is 4.90. The highest BCUT2D eigenvalue weighted by Gasteiger charge is 1.91. The van der Waals surface area contributed by atoms with Crippen LogP contribution in [0.4, 0.5) is 0 Å². The molecule has 2 heterocycles. The molecule has 2 aromatic rings. The number of fused-ring (bicyclic) bond motifs is 1. The number of rotatable bonds is 0. The van der Waals surface area contributed by atoms with Gasteiger partial charge in [0.15, 0.2) is 0 Å². The van der Waals surface area contributed by atoms with Gasteiger partial charge in [0.25, 0.3) is 0 Å². The van der Waals surface area contributed by atoms with Crippen LogP contribution in [0, 0.1) is 0 Å². The maximum Gasteiger partial charge on any atom is 0.0724 e. The lowest BCUT2D eigenvalue weighted by molar-refractivity contribution is 1.42. The van der Waals surface area contributed by atoms with Crippen LogP contribution in [0.3, 0.4) is 0 Å². The van der Waals surface area contributed by atoms with Crippen molar-refractivity contribution in [1.29, 1.82) is 0 Å². The summed E-state index contributed by atoms with van der Waals surface area (Å²) in [6.45, 7) is 0. The van der Waals surface area contributed by atoms with Crippen LogP contribution in [0.5, 0.6) is 0 Å². The predicted octanol–water partition coefficient (Wildman–Crippen LogP) is 1.62. The van der Waals surface area contributed by atoms with Crippen LogP contribution in [0.2, 0.25) is 0 Å². The molecule has 0 bridgehead atoms. The van der Waals surface area contributed by atoms with Gasteiger partial charge < -0.3 is 4.98 Å². The molecule has 0 aliphatic rings. The van der Waals surface area contributed by atoms with Crippen molar-refractivity contribution in [3.63, 3.8) is 0 Å². The number of hydrogen-bond donors (Lipinski definition) is 1. The van der Waals surface area contributed by atoms with E-state index in [4.69, 9.17) is 0 Å². The first-order chi connectivity index (χ1) is 3.97. The molecule has 8 heavy (non-hydrogen) atoms. The molecule has 0 spiro atoms. The van der Waals surface area contributed by atoms with Gasteiger partial charge in [-0.3, -0.25) is 0 Å². The van der Waals surface area contributed by atoms with Gasteiger partial charge in [-0.25, -0.2) is 0 Å². The molecular weight excluding hydrogens is 120 g/mol. The topological polar surface area (TPSA) is 28.7 Å². The molecule has 40 valence electrons. The lowest BCUT2D eigenvalue weighted by Crippen LogP contribution is -1.46. The quantitative estimate of drug-likeness (QED) is 0.568. The number of nitrogens with one attached hydrogen (secondary N) is 1. The molecule has 1 N–H and O–H groups in total. The minimum Gasteiger partial charge on any atom is -0.366 e. The Morgan fingerprint density at radius 2 is 2.50 bits per heavy atom. The van der Waals surface area contributed by atoms with Crippen LogP contribution >= 0.6 is 11.5 Å². The molecule has 0 saturated carbocycles. The average Bonchev–Trinajstić information content (AvgIpc) is 2.15. The number of nitrogens with zero attached hydrogens (tertiary/aromatic N) is 1. The molecule has 0 amide bonds. The summed E-state index contributed by atoms with van der Waals surface area (Å²) in [5, 5.41) is 1.20. The average molecular weight is 124 g/mol. The minimum absolute atomic E-state index is 1.20. The van der Waals surface area contributed by atoms with Gasteiger partial charge in [0.2, 0.25) is 0 Å². The number of aromatic amines is 1. The number of H-pyrrole nitrogens is 1. The SMILES string of the molecule is c1nsc2c[nH]cc12. The Hall–Kier alpha value is -0.830. The molecule has 0 aliphatic carbocycles. The lowest BCUT2D eigenvalue weighted by atomic mass is 10.5. The highest BCUT2D eigenvalue weighted by atomic mass is 32.1. The highest BCUT2D eigenvalue weighted by molar-refractivity contribution is 7.13. The number of aromatic nitrogens is 2. The van der Waals surface area contributed by atoms with Crippen LogP contribution in [-0.4, -0.2) is 9.36 Å². The second-order valence-electron chi connectivity index (χ2n) is 1.60. The molecule has 0 aromatic carbocycles. The van der Waals surface area contributed by atoms with Crippen molar-refractivity contribution in [2.75, 3.05) is 0 Å². The Labute approximate surface area is 50.3 Å². The number of hydrogen-bond acceptors (Lipinski definition) is 2. The van der Waals surface area contributed by atoms with E-state index in [9.17, 15) is 0 Å². The Kier molecular flexibility index (Phi) is 0.676. The van der Waals surface area contributed by atoms with Crippen molar-refractivity contribution in [2.24, 2.45) is 0 Å². The van der Waals surface area contributed by atoms with E-state index in [0.717, 1.165) is 0 Å². The molecule has 0 fully saturated rings. The molecule has 2 nitrogen and oxygen atoms in total. The summed E-state index contributed by atoms with van der Waals surface area (Å²) >= 11 is 1.51. The fourth-order valence-electron chi connectivity index (χ4n) is 0.681. The molecule has 2 aromatic heterocycles. The van der Waals surface area contributed by atoms with E-state index >= 15 is 0 Å².